The fourth-order valence-corrected chi connectivity index (χ4v) is 7.06. The molecule has 0 amide bonds. The number of hydrogen-bond acceptors (Lipinski definition) is 2. The minimum absolute atomic E-state index is 0.865. The molecule has 0 unspecified atom stereocenters. The SMILES string of the molecule is CCn1c(-c2ccc(-c3cccc(-c4c(-c5ccccc5)nn5c(-c6ccccc6)cc6ccccc6c45)c3)cc2)nc2ccccc21. The van der Waals surface area contributed by atoms with Crippen LogP contribution in [0.2, 0.25) is 0 Å². The molecule has 0 spiro atoms. The topological polar surface area (TPSA) is 35.1 Å². The Hall–Kier alpha value is -6.26. The summed E-state index contributed by atoms with van der Waals surface area (Å²) < 4.78 is 4.44. The van der Waals surface area contributed by atoms with Gasteiger partial charge in [0.15, 0.2) is 0 Å². The number of imidazole rings is 1. The molecule has 9 rings (SSSR count). The summed E-state index contributed by atoms with van der Waals surface area (Å²) in [7, 11) is 0. The van der Waals surface area contributed by atoms with E-state index in [0.29, 0.717) is 0 Å². The van der Waals surface area contributed by atoms with Crippen LogP contribution in [0.15, 0.2) is 164 Å². The highest BCUT2D eigenvalue weighted by Gasteiger charge is 2.22. The molecule has 0 atom stereocenters. The lowest BCUT2D eigenvalue weighted by Gasteiger charge is -2.12. The van der Waals surface area contributed by atoms with E-state index in [1.165, 1.54) is 10.8 Å². The molecule has 0 saturated heterocycles. The molecular formula is C44H32N4. The van der Waals surface area contributed by atoms with Crippen molar-refractivity contribution in [3.8, 4) is 56.2 Å². The number of rotatable bonds is 6. The Labute approximate surface area is 279 Å². The van der Waals surface area contributed by atoms with Crippen molar-refractivity contribution in [2.45, 2.75) is 13.5 Å². The van der Waals surface area contributed by atoms with Crippen LogP contribution in [0.25, 0.3) is 83.5 Å². The zero-order valence-electron chi connectivity index (χ0n) is 26.6. The molecule has 0 N–H and O–H groups in total. The van der Waals surface area contributed by atoms with Gasteiger partial charge in [-0.2, -0.15) is 5.10 Å². The van der Waals surface area contributed by atoms with Crippen molar-refractivity contribution in [2.24, 2.45) is 0 Å². The van der Waals surface area contributed by atoms with Crippen molar-refractivity contribution in [1.82, 2.24) is 19.2 Å². The number of aryl methyl sites for hydroxylation is 1. The molecule has 3 heterocycles. The number of nitrogens with zero attached hydrogens (tertiary/aromatic N) is 4. The fraction of sp³-hybridized carbons (Fsp3) is 0.0455. The van der Waals surface area contributed by atoms with E-state index in [1.54, 1.807) is 0 Å². The van der Waals surface area contributed by atoms with Crippen molar-refractivity contribution in [1.29, 1.82) is 0 Å². The average molecular weight is 617 g/mol. The van der Waals surface area contributed by atoms with Crippen LogP contribution in [0, 0.1) is 0 Å². The van der Waals surface area contributed by atoms with Crippen LogP contribution in [-0.4, -0.2) is 19.2 Å². The lowest BCUT2D eigenvalue weighted by molar-refractivity contribution is 0.796. The second-order valence-corrected chi connectivity index (χ2v) is 12.2. The highest BCUT2D eigenvalue weighted by atomic mass is 15.2. The summed E-state index contributed by atoms with van der Waals surface area (Å²) in [6.07, 6.45) is 0. The molecule has 0 aliphatic carbocycles. The molecule has 3 aromatic heterocycles. The van der Waals surface area contributed by atoms with Gasteiger partial charge in [-0.3, -0.25) is 0 Å². The van der Waals surface area contributed by atoms with Gasteiger partial charge in [0.25, 0.3) is 0 Å². The van der Waals surface area contributed by atoms with Gasteiger partial charge in [-0.25, -0.2) is 9.50 Å². The smallest absolute Gasteiger partial charge is 0.141 e. The lowest BCUT2D eigenvalue weighted by atomic mass is 9.94. The Balaban J connectivity index is 1.23. The standard InChI is InChI=1S/C44H32N4/c1-2-47-39-23-12-11-22-38(39)45-44(47)33-26-24-30(25-27-33)34-19-13-20-36(28-34)41-42(32-16-7-4-8-17-32)46-48-40(31-14-5-3-6-15-31)29-35-18-9-10-21-37(35)43(41)48/h3-29H,2H2,1H3. The van der Waals surface area contributed by atoms with Crippen LogP contribution in [0.5, 0.6) is 0 Å². The van der Waals surface area contributed by atoms with E-state index in [1.807, 2.05) is 6.07 Å². The van der Waals surface area contributed by atoms with Crippen LogP contribution in [0.4, 0.5) is 0 Å². The van der Waals surface area contributed by atoms with Crippen LogP contribution in [0.3, 0.4) is 0 Å². The molecule has 48 heavy (non-hydrogen) atoms. The van der Waals surface area contributed by atoms with E-state index in [2.05, 4.69) is 174 Å². The maximum Gasteiger partial charge on any atom is 0.141 e. The first kappa shape index (κ1) is 28.0. The zero-order chi connectivity index (χ0) is 32.0. The predicted octanol–water partition coefficient (Wildman–Crippen LogP) is 11.2. The molecule has 0 saturated carbocycles. The van der Waals surface area contributed by atoms with E-state index in [9.17, 15) is 0 Å². The molecule has 0 aliphatic rings. The molecule has 0 bridgehead atoms. The quantitative estimate of drug-likeness (QED) is 0.186. The summed E-state index contributed by atoms with van der Waals surface area (Å²) in [6, 6.07) is 58.1. The third-order valence-electron chi connectivity index (χ3n) is 9.34. The normalized spacial score (nSPS) is 11.5. The number of aromatic nitrogens is 4. The molecule has 228 valence electrons. The summed E-state index contributed by atoms with van der Waals surface area (Å²) in [5.74, 6) is 0.999. The zero-order valence-corrected chi connectivity index (χ0v) is 26.6. The van der Waals surface area contributed by atoms with Gasteiger partial charge in [0.1, 0.15) is 11.5 Å². The molecule has 6 aromatic carbocycles. The third-order valence-corrected chi connectivity index (χ3v) is 9.34. The Morgan fingerprint density at radius 2 is 1.17 bits per heavy atom. The van der Waals surface area contributed by atoms with Gasteiger partial charge in [-0.15, -0.1) is 0 Å². The van der Waals surface area contributed by atoms with Crippen LogP contribution in [0.1, 0.15) is 6.92 Å². The molecular weight excluding hydrogens is 585 g/mol. The van der Waals surface area contributed by atoms with Crippen molar-refractivity contribution < 1.29 is 0 Å². The van der Waals surface area contributed by atoms with Crippen molar-refractivity contribution in [3.63, 3.8) is 0 Å². The number of benzene rings is 6. The Bertz CT molecular complexity index is 2580. The molecule has 0 radical (unpaired) electrons. The first-order chi connectivity index (χ1) is 23.8. The first-order valence-electron chi connectivity index (χ1n) is 16.5. The minimum atomic E-state index is 0.865. The van der Waals surface area contributed by atoms with Gasteiger partial charge >= 0.3 is 0 Å². The highest BCUT2D eigenvalue weighted by Crippen LogP contribution is 2.42. The maximum absolute atomic E-state index is 5.37. The van der Waals surface area contributed by atoms with E-state index in [4.69, 9.17) is 10.1 Å². The fourth-order valence-electron chi connectivity index (χ4n) is 7.06. The summed E-state index contributed by atoms with van der Waals surface area (Å²) >= 11 is 0. The van der Waals surface area contributed by atoms with Gasteiger partial charge in [0, 0.05) is 34.2 Å². The van der Waals surface area contributed by atoms with Gasteiger partial charge in [0.2, 0.25) is 0 Å². The van der Waals surface area contributed by atoms with Gasteiger partial charge in [-0.05, 0) is 53.3 Å². The van der Waals surface area contributed by atoms with Crippen LogP contribution in [-0.2, 0) is 6.54 Å². The van der Waals surface area contributed by atoms with Crippen molar-refractivity contribution in [2.75, 3.05) is 0 Å². The van der Waals surface area contributed by atoms with E-state index < -0.39 is 0 Å². The lowest BCUT2D eigenvalue weighted by Crippen LogP contribution is -1.97. The Morgan fingerprint density at radius 1 is 0.521 bits per heavy atom. The summed E-state index contributed by atoms with van der Waals surface area (Å²) in [5.41, 5.74) is 13.2. The van der Waals surface area contributed by atoms with Crippen molar-refractivity contribution >= 4 is 27.3 Å². The number of pyridine rings is 1. The molecule has 9 aromatic rings. The Kier molecular flexibility index (Phi) is 6.72. The second kappa shape index (κ2) is 11.5. The minimum Gasteiger partial charge on any atom is -0.324 e. The number of para-hydroxylation sites is 2. The summed E-state index contributed by atoms with van der Waals surface area (Å²) in [4.78, 5) is 4.98. The second-order valence-electron chi connectivity index (χ2n) is 12.2. The van der Waals surface area contributed by atoms with Crippen molar-refractivity contribution in [3.05, 3.63) is 164 Å². The van der Waals surface area contributed by atoms with E-state index in [-0.39, 0.29) is 0 Å². The first-order valence-corrected chi connectivity index (χ1v) is 16.5. The highest BCUT2D eigenvalue weighted by molar-refractivity contribution is 6.08. The summed E-state index contributed by atoms with van der Waals surface area (Å²) in [6.45, 7) is 3.04. The monoisotopic (exact) mass is 616 g/mol. The predicted molar refractivity (Wildman–Crippen MR) is 199 cm³/mol. The van der Waals surface area contributed by atoms with Gasteiger partial charge < -0.3 is 4.57 Å². The molecule has 0 aliphatic heterocycles. The van der Waals surface area contributed by atoms with E-state index >= 15 is 0 Å². The number of fused-ring (bicyclic) bond motifs is 4. The van der Waals surface area contributed by atoms with Crippen LogP contribution < -0.4 is 0 Å². The largest absolute Gasteiger partial charge is 0.324 e. The number of hydrogen-bond donors (Lipinski definition) is 0. The third kappa shape index (κ3) is 4.61. The van der Waals surface area contributed by atoms with E-state index in [0.717, 1.165) is 79.3 Å². The van der Waals surface area contributed by atoms with Gasteiger partial charge in [-0.1, -0.05) is 140 Å². The summed E-state index contributed by atoms with van der Waals surface area (Å²) in [5, 5.41) is 7.74. The molecule has 4 heteroatoms. The van der Waals surface area contributed by atoms with Gasteiger partial charge in [0.05, 0.1) is 22.2 Å². The Morgan fingerprint density at radius 3 is 1.96 bits per heavy atom. The maximum atomic E-state index is 5.37. The molecule has 0 fully saturated rings. The van der Waals surface area contributed by atoms with Crippen LogP contribution >= 0.6 is 0 Å². The molecule has 4 nitrogen and oxygen atoms in total. The average Bonchev–Trinajstić information content (AvgIpc) is 3.75.